The Bertz CT molecular complexity index is 949. The molecule has 4 unspecified atom stereocenters. The van der Waals surface area contributed by atoms with Crippen LogP contribution >= 0.6 is 0 Å². The highest BCUT2D eigenvalue weighted by Gasteiger charge is 2.46. The summed E-state index contributed by atoms with van der Waals surface area (Å²) in [6, 6.07) is 17.8. The Morgan fingerprint density at radius 1 is 0.833 bits per heavy atom. The minimum Gasteiger partial charge on any atom is -0.378 e. The standard InChI is InChI=1S/C28H34N2/c1-7-24-13-8-19(2)27-20(3)30(21(4)28(24)27)26-16-11-23(12-17-26)18-22-9-14-25(15-10-22)29(5)6/h8-17,19,24,27-28H,3-4,7,18H2,1-2,5-6H3. The largest absolute Gasteiger partial charge is 0.378 e. The Morgan fingerprint density at radius 3 is 1.97 bits per heavy atom. The van der Waals surface area contributed by atoms with Crippen LogP contribution in [0.1, 0.15) is 31.4 Å². The molecule has 0 spiro atoms. The fourth-order valence-electron chi connectivity index (χ4n) is 5.23. The van der Waals surface area contributed by atoms with E-state index in [0.29, 0.717) is 23.7 Å². The number of benzene rings is 2. The van der Waals surface area contributed by atoms with Gasteiger partial charge in [-0.25, -0.2) is 0 Å². The highest BCUT2D eigenvalue weighted by molar-refractivity contribution is 5.63. The molecule has 2 heteroatoms. The molecule has 1 fully saturated rings. The summed E-state index contributed by atoms with van der Waals surface area (Å²) in [5.74, 6) is 2.00. The van der Waals surface area contributed by atoms with E-state index in [0.717, 1.165) is 12.8 Å². The molecule has 156 valence electrons. The maximum atomic E-state index is 4.52. The van der Waals surface area contributed by atoms with E-state index in [-0.39, 0.29) is 0 Å². The van der Waals surface area contributed by atoms with Gasteiger partial charge in [0, 0.05) is 48.7 Å². The molecule has 0 amide bonds. The van der Waals surface area contributed by atoms with Gasteiger partial charge >= 0.3 is 0 Å². The van der Waals surface area contributed by atoms with Gasteiger partial charge in [-0.05, 0) is 60.1 Å². The normalized spacial score (nSPS) is 25.5. The molecule has 0 radical (unpaired) electrons. The van der Waals surface area contributed by atoms with Crippen LogP contribution in [-0.2, 0) is 6.42 Å². The number of anilines is 2. The van der Waals surface area contributed by atoms with E-state index >= 15 is 0 Å². The Labute approximate surface area is 182 Å². The van der Waals surface area contributed by atoms with E-state index < -0.39 is 0 Å². The summed E-state index contributed by atoms with van der Waals surface area (Å²) in [7, 11) is 4.15. The number of nitrogens with zero attached hydrogens (tertiary/aromatic N) is 2. The van der Waals surface area contributed by atoms with E-state index in [2.05, 4.69) is 112 Å². The molecule has 1 aliphatic carbocycles. The summed E-state index contributed by atoms with van der Waals surface area (Å²) in [5.41, 5.74) is 7.49. The number of allylic oxidation sites excluding steroid dienone is 4. The van der Waals surface area contributed by atoms with Crippen molar-refractivity contribution in [2.75, 3.05) is 23.9 Å². The average molecular weight is 399 g/mol. The van der Waals surface area contributed by atoms with E-state index in [9.17, 15) is 0 Å². The van der Waals surface area contributed by atoms with Crippen LogP contribution in [0.15, 0.2) is 85.2 Å². The molecule has 0 aromatic heterocycles. The number of hydrogen-bond acceptors (Lipinski definition) is 2. The van der Waals surface area contributed by atoms with Crippen molar-refractivity contribution in [1.82, 2.24) is 0 Å². The predicted octanol–water partition coefficient (Wildman–Crippen LogP) is 6.66. The second kappa shape index (κ2) is 8.18. The van der Waals surface area contributed by atoms with Gasteiger partial charge in [0.1, 0.15) is 0 Å². The van der Waals surface area contributed by atoms with Gasteiger partial charge in [0.25, 0.3) is 0 Å². The smallest absolute Gasteiger partial charge is 0.0455 e. The van der Waals surface area contributed by atoms with Crippen molar-refractivity contribution in [3.8, 4) is 0 Å². The van der Waals surface area contributed by atoms with Crippen LogP contribution in [0, 0.1) is 23.7 Å². The molecule has 2 nitrogen and oxygen atoms in total. The first-order valence-electron chi connectivity index (χ1n) is 11.1. The summed E-state index contributed by atoms with van der Waals surface area (Å²) in [6.45, 7) is 13.6. The van der Waals surface area contributed by atoms with Crippen LogP contribution < -0.4 is 9.80 Å². The zero-order valence-electron chi connectivity index (χ0n) is 18.8. The van der Waals surface area contributed by atoms with Crippen LogP contribution in [0.25, 0.3) is 0 Å². The fraction of sp³-hybridized carbons (Fsp3) is 0.357. The number of hydrogen-bond donors (Lipinski definition) is 0. The molecule has 2 aliphatic rings. The van der Waals surface area contributed by atoms with Crippen LogP contribution in [-0.4, -0.2) is 14.1 Å². The maximum Gasteiger partial charge on any atom is 0.0455 e. The van der Waals surface area contributed by atoms with E-state index in [1.165, 1.54) is 33.9 Å². The third-order valence-electron chi connectivity index (χ3n) is 6.95. The highest BCUT2D eigenvalue weighted by atomic mass is 15.2. The molecule has 4 atom stereocenters. The van der Waals surface area contributed by atoms with Crippen LogP contribution in [0.2, 0.25) is 0 Å². The summed E-state index contributed by atoms with van der Waals surface area (Å²) in [6.07, 6.45) is 6.87. The second-order valence-corrected chi connectivity index (χ2v) is 9.09. The first kappa shape index (κ1) is 20.5. The summed E-state index contributed by atoms with van der Waals surface area (Å²) >= 11 is 0. The zero-order valence-corrected chi connectivity index (χ0v) is 18.8. The van der Waals surface area contributed by atoms with Crippen molar-refractivity contribution in [2.24, 2.45) is 23.7 Å². The lowest BCUT2D eigenvalue weighted by Crippen LogP contribution is -2.27. The topological polar surface area (TPSA) is 6.48 Å². The number of fused-ring (bicyclic) bond motifs is 1. The lowest BCUT2D eigenvalue weighted by molar-refractivity contribution is 0.294. The molecular formula is C28H34N2. The van der Waals surface area contributed by atoms with E-state index in [4.69, 9.17) is 0 Å². The SMILES string of the molecule is C=C1C2C(C)C=CC(CC)C2C(=C)N1c1ccc(Cc2ccc(N(C)C)cc2)cc1. The van der Waals surface area contributed by atoms with Crippen molar-refractivity contribution in [3.63, 3.8) is 0 Å². The zero-order chi connectivity index (χ0) is 21.4. The Balaban J connectivity index is 1.53. The van der Waals surface area contributed by atoms with Crippen LogP contribution in [0.3, 0.4) is 0 Å². The minimum atomic E-state index is 0.460. The molecule has 2 aromatic rings. The van der Waals surface area contributed by atoms with Crippen LogP contribution in [0.4, 0.5) is 11.4 Å². The quantitative estimate of drug-likeness (QED) is 0.520. The first-order chi connectivity index (χ1) is 14.4. The summed E-state index contributed by atoms with van der Waals surface area (Å²) < 4.78 is 0. The number of rotatable bonds is 5. The lowest BCUT2D eigenvalue weighted by Gasteiger charge is -2.32. The van der Waals surface area contributed by atoms with E-state index in [1.807, 2.05) is 0 Å². The van der Waals surface area contributed by atoms with Crippen molar-refractivity contribution >= 4 is 11.4 Å². The summed E-state index contributed by atoms with van der Waals surface area (Å²) in [4.78, 5) is 4.45. The highest BCUT2D eigenvalue weighted by Crippen LogP contribution is 2.52. The van der Waals surface area contributed by atoms with Gasteiger partial charge in [-0.2, -0.15) is 0 Å². The molecule has 2 aromatic carbocycles. The minimum absolute atomic E-state index is 0.460. The molecule has 1 aliphatic heterocycles. The monoisotopic (exact) mass is 398 g/mol. The van der Waals surface area contributed by atoms with Gasteiger partial charge in [0.05, 0.1) is 0 Å². The van der Waals surface area contributed by atoms with Gasteiger partial charge in [-0.15, -0.1) is 0 Å². The molecule has 1 saturated heterocycles. The first-order valence-corrected chi connectivity index (χ1v) is 11.1. The fourth-order valence-corrected chi connectivity index (χ4v) is 5.23. The van der Waals surface area contributed by atoms with Gasteiger partial charge in [0.15, 0.2) is 0 Å². The van der Waals surface area contributed by atoms with Crippen molar-refractivity contribution in [3.05, 3.63) is 96.4 Å². The molecule has 0 saturated carbocycles. The Morgan fingerprint density at radius 2 is 1.40 bits per heavy atom. The Hall–Kier alpha value is -2.74. The third kappa shape index (κ3) is 3.60. The maximum absolute atomic E-state index is 4.52. The average Bonchev–Trinajstić information content (AvgIpc) is 3.01. The van der Waals surface area contributed by atoms with Gasteiger partial charge in [-0.1, -0.05) is 63.4 Å². The molecule has 0 bridgehead atoms. The van der Waals surface area contributed by atoms with Crippen LogP contribution in [0.5, 0.6) is 0 Å². The predicted molar refractivity (Wildman–Crippen MR) is 130 cm³/mol. The van der Waals surface area contributed by atoms with Gasteiger partial charge < -0.3 is 9.80 Å². The van der Waals surface area contributed by atoms with Crippen molar-refractivity contribution < 1.29 is 0 Å². The molecule has 30 heavy (non-hydrogen) atoms. The van der Waals surface area contributed by atoms with Crippen molar-refractivity contribution in [1.29, 1.82) is 0 Å². The third-order valence-corrected chi connectivity index (χ3v) is 6.95. The molecule has 1 heterocycles. The van der Waals surface area contributed by atoms with Gasteiger partial charge in [-0.3, -0.25) is 0 Å². The molecule has 0 N–H and O–H groups in total. The van der Waals surface area contributed by atoms with E-state index in [1.54, 1.807) is 0 Å². The van der Waals surface area contributed by atoms with Gasteiger partial charge in [0.2, 0.25) is 0 Å². The Kier molecular flexibility index (Phi) is 5.60. The molecule has 4 rings (SSSR count). The lowest BCUT2D eigenvalue weighted by atomic mass is 9.70. The second-order valence-electron chi connectivity index (χ2n) is 9.09. The molecular weight excluding hydrogens is 364 g/mol. The summed E-state index contributed by atoms with van der Waals surface area (Å²) in [5, 5.41) is 0. The van der Waals surface area contributed by atoms with Crippen molar-refractivity contribution in [2.45, 2.75) is 26.7 Å².